The van der Waals surface area contributed by atoms with Gasteiger partial charge in [0.2, 0.25) is 0 Å². The molecule has 0 amide bonds. The first-order valence-corrected chi connectivity index (χ1v) is 2.89. The van der Waals surface area contributed by atoms with E-state index in [4.69, 9.17) is 5.11 Å². The maximum absolute atomic E-state index is 10.4. The van der Waals surface area contributed by atoms with Crippen molar-refractivity contribution in [2.45, 2.75) is 0 Å². The van der Waals surface area contributed by atoms with Crippen molar-refractivity contribution < 1.29 is 14.7 Å². The van der Waals surface area contributed by atoms with Crippen molar-refractivity contribution in [2.75, 3.05) is 0 Å². The van der Waals surface area contributed by atoms with Gasteiger partial charge in [-0.3, -0.25) is 9.78 Å². The number of carbonyl (C=O) groups is 2. The van der Waals surface area contributed by atoms with Gasteiger partial charge in [-0.05, 0) is 12.1 Å². The maximum atomic E-state index is 10.4. The molecule has 0 spiro atoms. The zero-order chi connectivity index (χ0) is 8.27. The van der Waals surface area contributed by atoms with Crippen LogP contribution >= 0.6 is 0 Å². The van der Waals surface area contributed by atoms with E-state index < -0.39 is 5.97 Å². The zero-order valence-corrected chi connectivity index (χ0v) is 5.52. The Morgan fingerprint density at radius 3 is 2.82 bits per heavy atom. The predicted molar refractivity (Wildman–Crippen MR) is 36.6 cm³/mol. The third-order valence-corrected chi connectivity index (χ3v) is 1.18. The Balaban J connectivity index is 3.22. The largest absolute Gasteiger partial charge is 0.478 e. The van der Waals surface area contributed by atoms with Gasteiger partial charge in [0.05, 0.1) is 5.56 Å². The van der Waals surface area contributed by atoms with Crippen LogP contribution in [-0.4, -0.2) is 22.3 Å². The minimum atomic E-state index is -1.14. The third kappa shape index (κ3) is 1.40. The van der Waals surface area contributed by atoms with E-state index in [0.29, 0.717) is 6.29 Å². The molecule has 1 aromatic heterocycles. The summed E-state index contributed by atoms with van der Waals surface area (Å²) in [5.74, 6) is -1.14. The first kappa shape index (κ1) is 7.40. The summed E-state index contributed by atoms with van der Waals surface area (Å²) in [4.78, 5) is 24.2. The summed E-state index contributed by atoms with van der Waals surface area (Å²) in [5, 5.41) is 8.50. The number of aromatic nitrogens is 1. The standard InChI is InChI=1S/C7H5NO3/c9-4-6-5(7(10)11)2-1-3-8-6/h1-4H,(H,10,11). The van der Waals surface area contributed by atoms with E-state index in [1.54, 1.807) is 0 Å². The number of pyridine rings is 1. The molecule has 0 aliphatic heterocycles. The molecule has 11 heavy (non-hydrogen) atoms. The fourth-order valence-electron chi connectivity index (χ4n) is 0.692. The van der Waals surface area contributed by atoms with Gasteiger partial charge in [-0.2, -0.15) is 0 Å². The number of aromatic carboxylic acids is 1. The van der Waals surface area contributed by atoms with E-state index in [1.165, 1.54) is 18.3 Å². The van der Waals surface area contributed by atoms with Gasteiger partial charge in [0.25, 0.3) is 0 Å². The molecule has 0 atom stereocenters. The van der Waals surface area contributed by atoms with Gasteiger partial charge < -0.3 is 5.11 Å². The highest BCUT2D eigenvalue weighted by Crippen LogP contribution is 2.01. The van der Waals surface area contributed by atoms with E-state index in [-0.39, 0.29) is 11.3 Å². The van der Waals surface area contributed by atoms with Gasteiger partial charge >= 0.3 is 5.97 Å². The molecule has 0 unspecified atom stereocenters. The van der Waals surface area contributed by atoms with Crippen LogP contribution in [0.5, 0.6) is 0 Å². The molecule has 0 bridgehead atoms. The van der Waals surface area contributed by atoms with Crippen LogP contribution in [0.25, 0.3) is 0 Å². The molecule has 56 valence electrons. The number of carboxylic acid groups (broad SMARTS) is 1. The van der Waals surface area contributed by atoms with Crippen LogP contribution in [0.3, 0.4) is 0 Å². The highest BCUT2D eigenvalue weighted by molar-refractivity contribution is 5.95. The lowest BCUT2D eigenvalue weighted by atomic mass is 10.2. The molecule has 0 aliphatic carbocycles. The highest BCUT2D eigenvalue weighted by Gasteiger charge is 2.08. The average molecular weight is 151 g/mol. The molecule has 0 aliphatic rings. The van der Waals surface area contributed by atoms with Crippen molar-refractivity contribution in [3.63, 3.8) is 0 Å². The van der Waals surface area contributed by atoms with Gasteiger partial charge in [-0.25, -0.2) is 4.79 Å². The van der Waals surface area contributed by atoms with Crippen molar-refractivity contribution in [3.05, 3.63) is 29.6 Å². The van der Waals surface area contributed by atoms with Crippen LogP contribution in [0.15, 0.2) is 18.3 Å². The van der Waals surface area contributed by atoms with Crippen molar-refractivity contribution in [3.8, 4) is 0 Å². The Labute approximate surface area is 62.5 Å². The molecule has 4 nitrogen and oxygen atoms in total. The van der Waals surface area contributed by atoms with E-state index >= 15 is 0 Å². The van der Waals surface area contributed by atoms with E-state index in [2.05, 4.69) is 4.98 Å². The quantitative estimate of drug-likeness (QED) is 0.628. The van der Waals surface area contributed by atoms with E-state index in [1.807, 2.05) is 0 Å². The fourth-order valence-corrected chi connectivity index (χ4v) is 0.692. The number of hydrogen-bond donors (Lipinski definition) is 1. The number of aldehydes is 1. The Morgan fingerprint density at radius 2 is 2.36 bits per heavy atom. The molecule has 1 aromatic rings. The molecule has 0 fully saturated rings. The highest BCUT2D eigenvalue weighted by atomic mass is 16.4. The molecule has 0 saturated heterocycles. The second-order valence-electron chi connectivity index (χ2n) is 1.86. The van der Waals surface area contributed by atoms with Crippen molar-refractivity contribution in [1.29, 1.82) is 0 Å². The molecular formula is C7H5NO3. The van der Waals surface area contributed by atoms with Crippen molar-refractivity contribution >= 4 is 12.3 Å². The summed E-state index contributed by atoms with van der Waals surface area (Å²) in [7, 11) is 0. The number of rotatable bonds is 2. The van der Waals surface area contributed by atoms with Crippen LogP contribution in [0.4, 0.5) is 0 Å². The average Bonchev–Trinajstić information content (AvgIpc) is 2.04. The maximum Gasteiger partial charge on any atom is 0.338 e. The fraction of sp³-hybridized carbons (Fsp3) is 0. The lowest BCUT2D eigenvalue weighted by Gasteiger charge is -1.94. The van der Waals surface area contributed by atoms with Crippen LogP contribution in [-0.2, 0) is 0 Å². The first-order valence-electron chi connectivity index (χ1n) is 2.89. The number of carbonyl (C=O) groups excluding carboxylic acids is 1. The second-order valence-corrected chi connectivity index (χ2v) is 1.86. The van der Waals surface area contributed by atoms with Crippen molar-refractivity contribution in [1.82, 2.24) is 4.98 Å². The SMILES string of the molecule is O=Cc1ncccc1C(=O)O. The minimum Gasteiger partial charge on any atom is -0.478 e. The van der Waals surface area contributed by atoms with Gasteiger partial charge in [-0.15, -0.1) is 0 Å². The van der Waals surface area contributed by atoms with Crippen molar-refractivity contribution in [2.24, 2.45) is 0 Å². The lowest BCUT2D eigenvalue weighted by Crippen LogP contribution is -2.02. The van der Waals surface area contributed by atoms with Gasteiger partial charge in [0.15, 0.2) is 6.29 Å². The Morgan fingerprint density at radius 1 is 1.64 bits per heavy atom. The van der Waals surface area contributed by atoms with Gasteiger partial charge in [0, 0.05) is 6.20 Å². The summed E-state index contributed by atoms with van der Waals surface area (Å²) in [6, 6.07) is 2.80. The number of hydrogen-bond acceptors (Lipinski definition) is 3. The minimum absolute atomic E-state index is 0.0417. The molecule has 0 aromatic carbocycles. The molecule has 0 radical (unpaired) electrons. The summed E-state index contributed by atoms with van der Waals surface area (Å²) >= 11 is 0. The summed E-state index contributed by atoms with van der Waals surface area (Å²) in [5.41, 5.74) is -0.109. The lowest BCUT2D eigenvalue weighted by molar-refractivity contribution is 0.0693. The monoisotopic (exact) mass is 151 g/mol. The summed E-state index contributed by atoms with van der Waals surface area (Å²) in [6.45, 7) is 0. The van der Waals surface area contributed by atoms with Crippen LogP contribution < -0.4 is 0 Å². The topological polar surface area (TPSA) is 67.3 Å². The molecule has 1 heterocycles. The van der Waals surface area contributed by atoms with Crippen LogP contribution in [0, 0.1) is 0 Å². The van der Waals surface area contributed by atoms with Gasteiger partial charge in [0.1, 0.15) is 5.69 Å². The zero-order valence-electron chi connectivity index (χ0n) is 5.52. The molecule has 4 heteroatoms. The summed E-state index contributed by atoms with van der Waals surface area (Å²) < 4.78 is 0. The van der Waals surface area contributed by atoms with E-state index in [9.17, 15) is 9.59 Å². The molecule has 1 N–H and O–H groups in total. The molecular weight excluding hydrogens is 146 g/mol. The third-order valence-electron chi connectivity index (χ3n) is 1.18. The van der Waals surface area contributed by atoms with E-state index in [0.717, 1.165) is 0 Å². The number of carboxylic acids is 1. The second kappa shape index (κ2) is 2.92. The Bertz CT molecular complexity index is 295. The Kier molecular flexibility index (Phi) is 1.96. The first-order chi connectivity index (χ1) is 5.25. The van der Waals surface area contributed by atoms with Crippen LogP contribution in [0.1, 0.15) is 20.8 Å². The van der Waals surface area contributed by atoms with Gasteiger partial charge in [-0.1, -0.05) is 0 Å². The molecule has 0 saturated carbocycles. The van der Waals surface area contributed by atoms with Crippen LogP contribution in [0.2, 0.25) is 0 Å². The number of nitrogens with zero attached hydrogens (tertiary/aromatic N) is 1. The predicted octanol–water partition coefficient (Wildman–Crippen LogP) is 0.592. The Hall–Kier alpha value is -1.71. The molecule has 1 rings (SSSR count). The summed E-state index contributed by atoms with van der Waals surface area (Å²) in [6.07, 6.45) is 1.79. The normalized spacial score (nSPS) is 9.09. The smallest absolute Gasteiger partial charge is 0.338 e.